The third kappa shape index (κ3) is 4.09. The van der Waals surface area contributed by atoms with Crippen molar-refractivity contribution in [2.45, 2.75) is 50.8 Å². The van der Waals surface area contributed by atoms with Gasteiger partial charge in [0.2, 0.25) is 5.91 Å². The van der Waals surface area contributed by atoms with E-state index >= 15 is 0 Å². The van der Waals surface area contributed by atoms with Crippen molar-refractivity contribution in [3.63, 3.8) is 0 Å². The lowest BCUT2D eigenvalue weighted by Gasteiger charge is -2.31. The first-order chi connectivity index (χ1) is 11.0. The highest BCUT2D eigenvalue weighted by Crippen LogP contribution is 2.30. The molecule has 4 nitrogen and oxygen atoms in total. The second-order valence-electron chi connectivity index (χ2n) is 6.76. The van der Waals surface area contributed by atoms with Crippen LogP contribution < -0.4 is 0 Å². The van der Waals surface area contributed by atoms with E-state index in [0.29, 0.717) is 18.6 Å². The van der Waals surface area contributed by atoms with Gasteiger partial charge in [0.1, 0.15) is 5.82 Å². The van der Waals surface area contributed by atoms with Gasteiger partial charge in [-0.25, -0.2) is 4.39 Å². The first kappa shape index (κ1) is 16.4. The van der Waals surface area contributed by atoms with Crippen LogP contribution >= 0.6 is 0 Å². The first-order valence-electron chi connectivity index (χ1n) is 8.49. The monoisotopic (exact) mass is 320 g/mol. The number of hydrogen-bond acceptors (Lipinski definition) is 3. The van der Waals surface area contributed by atoms with Crippen LogP contribution in [0, 0.1) is 5.82 Å². The second kappa shape index (κ2) is 6.97. The summed E-state index contributed by atoms with van der Waals surface area (Å²) in [6, 6.07) is 6.77. The van der Waals surface area contributed by atoms with Crippen molar-refractivity contribution in [3.05, 3.63) is 35.6 Å². The molecule has 1 amide bonds. The van der Waals surface area contributed by atoms with E-state index in [4.69, 9.17) is 0 Å². The minimum Gasteiger partial charge on any atom is -0.387 e. The van der Waals surface area contributed by atoms with Crippen molar-refractivity contribution in [3.8, 4) is 0 Å². The molecule has 1 aliphatic carbocycles. The summed E-state index contributed by atoms with van der Waals surface area (Å²) in [6.07, 6.45) is 3.77. The highest BCUT2D eigenvalue weighted by Gasteiger charge is 2.35. The second-order valence-corrected chi connectivity index (χ2v) is 6.76. The van der Waals surface area contributed by atoms with Gasteiger partial charge in [-0.1, -0.05) is 12.1 Å². The molecule has 0 aromatic heterocycles. The number of amides is 1. The average molecular weight is 320 g/mol. The van der Waals surface area contributed by atoms with Crippen molar-refractivity contribution in [2.75, 3.05) is 19.6 Å². The van der Waals surface area contributed by atoms with E-state index in [9.17, 15) is 14.3 Å². The lowest BCUT2D eigenvalue weighted by Crippen LogP contribution is -2.44. The molecule has 0 bridgehead atoms. The largest absolute Gasteiger partial charge is 0.387 e. The van der Waals surface area contributed by atoms with Crippen LogP contribution in [0.4, 0.5) is 4.39 Å². The van der Waals surface area contributed by atoms with E-state index in [-0.39, 0.29) is 11.7 Å². The van der Waals surface area contributed by atoms with Crippen molar-refractivity contribution in [1.82, 2.24) is 9.80 Å². The number of aliphatic hydroxyl groups excluding tert-OH is 1. The number of nitrogens with zero attached hydrogens (tertiary/aromatic N) is 2. The van der Waals surface area contributed by atoms with Gasteiger partial charge in [-0.3, -0.25) is 9.69 Å². The molecule has 2 fully saturated rings. The molecule has 23 heavy (non-hydrogen) atoms. The number of halogens is 1. The molecule has 1 saturated heterocycles. The van der Waals surface area contributed by atoms with Gasteiger partial charge >= 0.3 is 0 Å². The molecule has 0 radical (unpaired) electrons. The Morgan fingerprint density at radius 3 is 2.65 bits per heavy atom. The molecule has 2 atom stereocenters. The van der Waals surface area contributed by atoms with E-state index in [2.05, 4.69) is 4.90 Å². The molecule has 1 aromatic carbocycles. The van der Waals surface area contributed by atoms with Gasteiger partial charge in [-0.2, -0.15) is 0 Å². The van der Waals surface area contributed by atoms with Crippen LogP contribution in [0.25, 0.3) is 0 Å². The SMILES string of the molecule is CC(=O)N(CC1CCCN1CC(O)c1ccc(F)cc1)C1CC1. The van der Waals surface area contributed by atoms with Crippen LogP contribution in [-0.2, 0) is 4.79 Å². The molecule has 1 heterocycles. The summed E-state index contributed by atoms with van der Waals surface area (Å²) < 4.78 is 13.0. The number of β-amino-alcohol motifs (C(OH)–C–C–N with tert-alkyl or cyclic N) is 1. The molecule has 1 N–H and O–H groups in total. The molecule has 2 unspecified atom stereocenters. The Bertz CT molecular complexity index is 544. The molecule has 126 valence electrons. The fraction of sp³-hybridized carbons (Fsp3) is 0.611. The lowest BCUT2D eigenvalue weighted by molar-refractivity contribution is -0.130. The van der Waals surface area contributed by atoms with E-state index in [1.54, 1.807) is 19.1 Å². The van der Waals surface area contributed by atoms with E-state index < -0.39 is 6.10 Å². The molecule has 5 heteroatoms. The average Bonchev–Trinajstić information content (AvgIpc) is 3.26. The maximum atomic E-state index is 13.0. The summed E-state index contributed by atoms with van der Waals surface area (Å²) in [5.41, 5.74) is 0.739. The molecule has 1 saturated carbocycles. The molecule has 3 rings (SSSR count). The zero-order valence-corrected chi connectivity index (χ0v) is 13.6. The summed E-state index contributed by atoms with van der Waals surface area (Å²) >= 11 is 0. The fourth-order valence-electron chi connectivity index (χ4n) is 3.50. The van der Waals surface area contributed by atoms with Gasteiger partial charge in [0.15, 0.2) is 0 Å². The van der Waals surface area contributed by atoms with Crippen molar-refractivity contribution in [2.24, 2.45) is 0 Å². The predicted octanol–water partition coefficient (Wildman–Crippen LogP) is 2.33. The number of rotatable bonds is 6. The van der Waals surface area contributed by atoms with Gasteiger partial charge in [0, 0.05) is 32.1 Å². The number of likely N-dealkylation sites (tertiary alicyclic amines) is 1. The van der Waals surface area contributed by atoms with Gasteiger partial charge < -0.3 is 10.0 Å². The van der Waals surface area contributed by atoms with Crippen LogP contribution in [0.15, 0.2) is 24.3 Å². The standard InChI is InChI=1S/C18H25FN2O2/c1-13(22)21(16-8-9-16)11-17-3-2-10-20(17)12-18(23)14-4-6-15(19)7-5-14/h4-7,16-18,23H,2-3,8-12H2,1H3. The Hall–Kier alpha value is -1.46. The lowest BCUT2D eigenvalue weighted by atomic mass is 10.1. The number of hydrogen-bond donors (Lipinski definition) is 1. The smallest absolute Gasteiger partial charge is 0.219 e. The van der Waals surface area contributed by atoms with Gasteiger partial charge in [0.05, 0.1) is 6.10 Å². The highest BCUT2D eigenvalue weighted by atomic mass is 19.1. The summed E-state index contributed by atoms with van der Waals surface area (Å²) in [4.78, 5) is 16.1. The normalized spacial score (nSPS) is 23.0. The van der Waals surface area contributed by atoms with Crippen LogP contribution in [0.2, 0.25) is 0 Å². The summed E-state index contributed by atoms with van der Waals surface area (Å²) in [7, 11) is 0. The Kier molecular flexibility index (Phi) is 4.97. The zero-order valence-electron chi connectivity index (χ0n) is 13.6. The molecule has 0 spiro atoms. The van der Waals surface area contributed by atoms with Crippen molar-refractivity contribution >= 4 is 5.91 Å². The summed E-state index contributed by atoms with van der Waals surface area (Å²) in [6.45, 7) is 3.88. The van der Waals surface area contributed by atoms with Crippen molar-refractivity contribution in [1.29, 1.82) is 0 Å². The maximum Gasteiger partial charge on any atom is 0.219 e. The zero-order chi connectivity index (χ0) is 16.4. The Morgan fingerprint density at radius 1 is 1.35 bits per heavy atom. The van der Waals surface area contributed by atoms with E-state index in [1.165, 1.54) is 12.1 Å². The molecular formula is C18H25FN2O2. The quantitative estimate of drug-likeness (QED) is 0.875. The number of carbonyl (C=O) groups is 1. The summed E-state index contributed by atoms with van der Waals surface area (Å²) in [5.74, 6) is -0.139. The third-order valence-electron chi connectivity index (χ3n) is 4.96. The van der Waals surface area contributed by atoms with Crippen LogP contribution in [-0.4, -0.2) is 52.5 Å². The third-order valence-corrected chi connectivity index (χ3v) is 4.96. The summed E-state index contributed by atoms with van der Waals surface area (Å²) in [5, 5.41) is 10.4. The van der Waals surface area contributed by atoms with Gasteiger partial charge in [0.25, 0.3) is 0 Å². The van der Waals surface area contributed by atoms with Gasteiger partial charge in [-0.15, -0.1) is 0 Å². The van der Waals surface area contributed by atoms with Gasteiger partial charge in [-0.05, 0) is 49.9 Å². The van der Waals surface area contributed by atoms with Crippen molar-refractivity contribution < 1.29 is 14.3 Å². The van der Waals surface area contributed by atoms with E-state index in [0.717, 1.165) is 44.3 Å². The number of aliphatic hydroxyl groups is 1. The van der Waals surface area contributed by atoms with Crippen LogP contribution in [0.1, 0.15) is 44.3 Å². The maximum absolute atomic E-state index is 13.0. The highest BCUT2D eigenvalue weighted by molar-refractivity contribution is 5.74. The first-order valence-corrected chi connectivity index (χ1v) is 8.49. The van der Waals surface area contributed by atoms with Crippen LogP contribution in [0.3, 0.4) is 0 Å². The molecular weight excluding hydrogens is 295 g/mol. The number of benzene rings is 1. The molecule has 1 aliphatic heterocycles. The van der Waals surface area contributed by atoms with Crippen LogP contribution in [0.5, 0.6) is 0 Å². The Morgan fingerprint density at radius 2 is 2.04 bits per heavy atom. The molecule has 2 aliphatic rings. The fourth-order valence-corrected chi connectivity index (χ4v) is 3.50. The molecule has 1 aromatic rings. The Labute approximate surface area is 136 Å². The van der Waals surface area contributed by atoms with E-state index in [1.807, 2.05) is 4.90 Å². The minimum atomic E-state index is -0.622. The minimum absolute atomic E-state index is 0.151. The predicted molar refractivity (Wildman–Crippen MR) is 86.4 cm³/mol. The number of carbonyl (C=O) groups excluding carboxylic acids is 1. The Balaban J connectivity index is 1.59. The topological polar surface area (TPSA) is 43.8 Å².